The van der Waals surface area contributed by atoms with Gasteiger partial charge in [0.2, 0.25) is 0 Å². The van der Waals surface area contributed by atoms with Crippen LogP contribution in [-0.2, 0) is 11.3 Å². The molecule has 0 saturated carbocycles. The van der Waals surface area contributed by atoms with Crippen LogP contribution in [0.4, 0.5) is 0 Å². The summed E-state index contributed by atoms with van der Waals surface area (Å²) in [6, 6.07) is 11.7. The summed E-state index contributed by atoms with van der Waals surface area (Å²) in [4.78, 5) is 15.3. The summed E-state index contributed by atoms with van der Waals surface area (Å²) in [5.41, 5.74) is 4.46. The van der Waals surface area contributed by atoms with Gasteiger partial charge in [-0.05, 0) is 31.5 Å². The van der Waals surface area contributed by atoms with Crippen LogP contribution in [0, 0.1) is 0 Å². The van der Waals surface area contributed by atoms with E-state index in [2.05, 4.69) is 10.3 Å². The monoisotopic (exact) mass is 374 g/mol. The van der Waals surface area contributed by atoms with Gasteiger partial charge in [0.05, 0.1) is 23.6 Å². The third-order valence-electron chi connectivity index (χ3n) is 4.82. The Morgan fingerprint density at radius 1 is 1.23 bits per heavy atom. The van der Waals surface area contributed by atoms with E-state index < -0.39 is 0 Å². The number of methoxy groups -OCH3 is 1. The van der Waals surface area contributed by atoms with Crippen LogP contribution < -0.4 is 10.9 Å². The van der Waals surface area contributed by atoms with Crippen LogP contribution in [0.25, 0.3) is 16.8 Å². The fraction of sp³-hybridized carbons (Fsp3) is 0.368. The molecule has 26 heavy (non-hydrogen) atoms. The van der Waals surface area contributed by atoms with Crippen LogP contribution in [-0.4, -0.2) is 34.8 Å². The van der Waals surface area contributed by atoms with E-state index in [4.69, 9.17) is 9.84 Å². The van der Waals surface area contributed by atoms with Gasteiger partial charge in [0.15, 0.2) is 0 Å². The molecular weight excluding hydrogens is 352 g/mol. The van der Waals surface area contributed by atoms with Crippen molar-refractivity contribution in [3.8, 4) is 11.1 Å². The quantitative estimate of drug-likeness (QED) is 0.736. The molecule has 138 valence electrons. The standard InChI is InChI=1S/C19H22N4O2.ClH/c1-25-12-15-18(14-5-3-2-4-6-14)19-21-17(24)11-16(23(19)22-15)13-7-9-20-10-8-13;/h2-6,11,13,20H,7-10,12H2,1H3,(H,21,24);1H. The van der Waals surface area contributed by atoms with E-state index in [9.17, 15) is 4.79 Å². The first-order chi connectivity index (χ1) is 12.3. The second kappa shape index (κ2) is 8.03. The minimum atomic E-state index is -0.0814. The van der Waals surface area contributed by atoms with Crippen molar-refractivity contribution in [2.75, 3.05) is 20.2 Å². The molecule has 3 heterocycles. The second-order valence-corrected chi connectivity index (χ2v) is 6.46. The van der Waals surface area contributed by atoms with Gasteiger partial charge in [-0.15, -0.1) is 12.4 Å². The molecule has 0 spiro atoms. The molecular formula is C19H23ClN4O2. The van der Waals surface area contributed by atoms with Crippen molar-refractivity contribution in [1.82, 2.24) is 19.9 Å². The SMILES string of the molecule is COCc1nn2c(C3CCNCC3)cc(=O)[nH]c2c1-c1ccccc1.Cl. The van der Waals surface area contributed by atoms with Gasteiger partial charge in [-0.2, -0.15) is 5.10 Å². The van der Waals surface area contributed by atoms with Gasteiger partial charge in [0.1, 0.15) is 5.65 Å². The predicted octanol–water partition coefficient (Wildman–Crippen LogP) is 2.72. The van der Waals surface area contributed by atoms with Crippen LogP contribution in [0.3, 0.4) is 0 Å². The van der Waals surface area contributed by atoms with Gasteiger partial charge >= 0.3 is 0 Å². The highest BCUT2D eigenvalue weighted by molar-refractivity contribution is 5.85. The topological polar surface area (TPSA) is 71.4 Å². The molecule has 0 radical (unpaired) electrons. The number of H-pyrrole nitrogens is 1. The smallest absolute Gasteiger partial charge is 0.251 e. The van der Waals surface area contributed by atoms with Gasteiger partial charge in [-0.3, -0.25) is 4.79 Å². The van der Waals surface area contributed by atoms with E-state index >= 15 is 0 Å². The predicted molar refractivity (Wildman–Crippen MR) is 104 cm³/mol. The molecule has 2 N–H and O–H groups in total. The number of hydrogen-bond acceptors (Lipinski definition) is 4. The Morgan fingerprint density at radius 2 is 1.96 bits per heavy atom. The maximum atomic E-state index is 12.4. The molecule has 6 nitrogen and oxygen atoms in total. The van der Waals surface area contributed by atoms with Crippen LogP contribution >= 0.6 is 12.4 Å². The molecule has 4 rings (SSSR count). The zero-order valence-corrected chi connectivity index (χ0v) is 15.5. The van der Waals surface area contributed by atoms with Crippen molar-refractivity contribution in [2.24, 2.45) is 0 Å². The van der Waals surface area contributed by atoms with Crippen LogP contribution in [0.1, 0.15) is 30.1 Å². The number of aromatic amines is 1. The molecule has 0 unspecified atom stereocenters. The first-order valence-corrected chi connectivity index (χ1v) is 8.68. The van der Waals surface area contributed by atoms with Gasteiger partial charge in [-0.25, -0.2) is 4.52 Å². The van der Waals surface area contributed by atoms with Crippen molar-refractivity contribution in [1.29, 1.82) is 0 Å². The van der Waals surface area contributed by atoms with Crippen molar-refractivity contribution in [3.05, 3.63) is 58.1 Å². The van der Waals surface area contributed by atoms with Crippen molar-refractivity contribution in [2.45, 2.75) is 25.4 Å². The molecule has 1 saturated heterocycles. The Bertz CT molecular complexity index is 930. The fourth-order valence-electron chi connectivity index (χ4n) is 3.67. The summed E-state index contributed by atoms with van der Waals surface area (Å²) < 4.78 is 7.27. The average molecular weight is 375 g/mol. The number of hydrogen-bond donors (Lipinski definition) is 2. The van der Waals surface area contributed by atoms with Crippen molar-refractivity contribution < 1.29 is 4.74 Å². The number of nitrogens with zero attached hydrogens (tertiary/aromatic N) is 2. The normalized spacial score (nSPS) is 15.1. The third kappa shape index (κ3) is 3.40. The molecule has 0 aliphatic carbocycles. The maximum Gasteiger partial charge on any atom is 0.251 e. The van der Waals surface area contributed by atoms with E-state index in [1.54, 1.807) is 13.2 Å². The first-order valence-electron chi connectivity index (χ1n) is 8.68. The van der Waals surface area contributed by atoms with E-state index in [0.717, 1.165) is 54.1 Å². The second-order valence-electron chi connectivity index (χ2n) is 6.46. The molecule has 1 fully saturated rings. The van der Waals surface area contributed by atoms with Gasteiger partial charge < -0.3 is 15.0 Å². The van der Waals surface area contributed by atoms with E-state index in [1.165, 1.54) is 0 Å². The molecule has 1 aromatic carbocycles. The number of halogens is 1. The molecule has 7 heteroatoms. The molecule has 2 aromatic heterocycles. The number of fused-ring (bicyclic) bond motifs is 1. The highest BCUT2D eigenvalue weighted by Crippen LogP contribution is 2.31. The molecule has 0 bridgehead atoms. The van der Waals surface area contributed by atoms with E-state index in [0.29, 0.717) is 12.5 Å². The summed E-state index contributed by atoms with van der Waals surface area (Å²) in [7, 11) is 1.66. The fourth-order valence-corrected chi connectivity index (χ4v) is 3.67. The number of benzene rings is 1. The Morgan fingerprint density at radius 3 is 2.65 bits per heavy atom. The van der Waals surface area contributed by atoms with E-state index in [1.807, 2.05) is 34.8 Å². The van der Waals surface area contributed by atoms with E-state index in [-0.39, 0.29) is 18.0 Å². The Labute approximate surface area is 158 Å². The Hall–Kier alpha value is -2.15. The van der Waals surface area contributed by atoms with Crippen molar-refractivity contribution in [3.63, 3.8) is 0 Å². The minimum Gasteiger partial charge on any atom is -0.378 e. The summed E-state index contributed by atoms with van der Waals surface area (Å²) in [5.74, 6) is 0.338. The van der Waals surface area contributed by atoms with Gasteiger partial charge in [0.25, 0.3) is 5.56 Å². The molecule has 1 aliphatic rings. The lowest BCUT2D eigenvalue weighted by molar-refractivity contribution is 0.181. The first kappa shape index (κ1) is 18.6. The number of aromatic nitrogens is 3. The number of piperidine rings is 1. The highest BCUT2D eigenvalue weighted by Gasteiger charge is 2.23. The summed E-state index contributed by atoms with van der Waals surface area (Å²) in [5, 5.41) is 8.17. The zero-order chi connectivity index (χ0) is 17.2. The lowest BCUT2D eigenvalue weighted by atomic mass is 9.94. The van der Waals surface area contributed by atoms with Crippen LogP contribution in [0.2, 0.25) is 0 Å². The molecule has 1 aliphatic heterocycles. The Balaban J connectivity index is 0.00000196. The highest BCUT2D eigenvalue weighted by atomic mass is 35.5. The summed E-state index contributed by atoms with van der Waals surface area (Å²) in [6.45, 7) is 2.34. The summed E-state index contributed by atoms with van der Waals surface area (Å²) in [6.07, 6.45) is 2.03. The maximum absolute atomic E-state index is 12.4. The number of nitrogens with one attached hydrogen (secondary N) is 2. The largest absolute Gasteiger partial charge is 0.378 e. The van der Waals surface area contributed by atoms with Crippen LogP contribution in [0.15, 0.2) is 41.2 Å². The average Bonchev–Trinajstić information content (AvgIpc) is 3.00. The van der Waals surface area contributed by atoms with Crippen molar-refractivity contribution >= 4 is 18.1 Å². The zero-order valence-electron chi connectivity index (χ0n) is 14.7. The lowest BCUT2D eigenvalue weighted by Gasteiger charge is -2.23. The number of ether oxygens (including phenoxy) is 1. The molecule has 0 atom stereocenters. The van der Waals surface area contributed by atoms with Gasteiger partial charge in [0, 0.05) is 19.1 Å². The van der Waals surface area contributed by atoms with Crippen LogP contribution in [0.5, 0.6) is 0 Å². The third-order valence-corrected chi connectivity index (χ3v) is 4.82. The summed E-state index contributed by atoms with van der Waals surface area (Å²) >= 11 is 0. The number of rotatable bonds is 4. The molecule has 3 aromatic rings. The Kier molecular flexibility index (Phi) is 5.76. The lowest BCUT2D eigenvalue weighted by Crippen LogP contribution is -2.28. The van der Waals surface area contributed by atoms with Gasteiger partial charge in [-0.1, -0.05) is 30.3 Å². The minimum absolute atomic E-state index is 0. The molecule has 0 amide bonds.